The molecule has 3 nitrogen and oxygen atoms in total. The summed E-state index contributed by atoms with van der Waals surface area (Å²) in [6.45, 7) is 3.15. The van der Waals surface area contributed by atoms with Crippen LogP contribution in [0.1, 0.15) is 19.4 Å². The van der Waals surface area contributed by atoms with Gasteiger partial charge >= 0.3 is 0 Å². The molecule has 1 aromatic rings. The van der Waals surface area contributed by atoms with Gasteiger partial charge in [0.2, 0.25) is 0 Å². The third-order valence-electron chi connectivity index (χ3n) is 2.01. The summed E-state index contributed by atoms with van der Waals surface area (Å²) in [5.41, 5.74) is -0.625. The molecule has 1 rings (SSSR count). The van der Waals surface area contributed by atoms with Crippen LogP contribution < -0.4 is 0 Å². The first-order chi connectivity index (χ1) is 6.60. The SMILES string of the molecule is CC(C)(O)c1cc(Cl)cc(S(C)(=O)=O)c1. The van der Waals surface area contributed by atoms with Crippen molar-refractivity contribution in [1.82, 2.24) is 0 Å². The van der Waals surface area contributed by atoms with Gasteiger partial charge in [0.25, 0.3) is 0 Å². The van der Waals surface area contributed by atoms with Crippen molar-refractivity contribution in [2.24, 2.45) is 0 Å². The molecule has 0 aliphatic carbocycles. The third kappa shape index (κ3) is 3.19. The van der Waals surface area contributed by atoms with Crippen molar-refractivity contribution in [3.63, 3.8) is 0 Å². The first-order valence-corrected chi connectivity index (χ1v) is 6.61. The summed E-state index contributed by atoms with van der Waals surface area (Å²) in [4.78, 5) is 0.118. The highest BCUT2D eigenvalue weighted by molar-refractivity contribution is 7.90. The van der Waals surface area contributed by atoms with Crippen molar-refractivity contribution in [1.29, 1.82) is 0 Å². The Hall–Kier alpha value is -0.580. The molecule has 0 aromatic heterocycles. The van der Waals surface area contributed by atoms with E-state index in [1.165, 1.54) is 12.1 Å². The Morgan fingerprint density at radius 1 is 1.27 bits per heavy atom. The molecule has 0 amide bonds. The Kier molecular flexibility index (Phi) is 3.14. The van der Waals surface area contributed by atoms with Crippen molar-refractivity contribution in [3.8, 4) is 0 Å². The second-order valence-corrected chi connectivity index (χ2v) is 6.46. The predicted octanol–water partition coefficient (Wildman–Crippen LogP) is 1.97. The highest BCUT2D eigenvalue weighted by Crippen LogP contribution is 2.26. The molecule has 0 aliphatic rings. The predicted molar refractivity (Wildman–Crippen MR) is 59.8 cm³/mol. The Labute approximate surface area is 94.6 Å². The molecule has 0 fully saturated rings. The molecule has 0 unspecified atom stereocenters. The normalized spacial score (nSPS) is 12.9. The second-order valence-electron chi connectivity index (χ2n) is 4.01. The maximum Gasteiger partial charge on any atom is 0.175 e. The fraction of sp³-hybridized carbons (Fsp3) is 0.400. The van der Waals surface area contributed by atoms with Crippen LogP contribution in [0, 0.1) is 0 Å². The van der Waals surface area contributed by atoms with Crippen LogP contribution in [0.4, 0.5) is 0 Å². The van der Waals surface area contributed by atoms with Gasteiger partial charge in [0.15, 0.2) is 9.84 Å². The molecule has 0 radical (unpaired) electrons. The first kappa shape index (κ1) is 12.5. The third-order valence-corrected chi connectivity index (χ3v) is 3.32. The topological polar surface area (TPSA) is 54.4 Å². The van der Waals surface area contributed by atoms with E-state index >= 15 is 0 Å². The van der Waals surface area contributed by atoms with Crippen molar-refractivity contribution < 1.29 is 13.5 Å². The quantitative estimate of drug-likeness (QED) is 0.871. The minimum atomic E-state index is -3.30. The molecular formula is C10H13ClO3S. The number of aliphatic hydroxyl groups is 1. The fourth-order valence-corrected chi connectivity index (χ4v) is 2.11. The summed E-state index contributed by atoms with van der Waals surface area (Å²) < 4.78 is 22.6. The monoisotopic (exact) mass is 248 g/mol. The van der Waals surface area contributed by atoms with Crippen LogP contribution >= 0.6 is 11.6 Å². The van der Waals surface area contributed by atoms with Gasteiger partial charge in [-0.1, -0.05) is 11.6 Å². The second kappa shape index (κ2) is 3.77. The van der Waals surface area contributed by atoms with E-state index in [1.807, 2.05) is 0 Å². The smallest absolute Gasteiger partial charge is 0.175 e. The molecule has 0 saturated carbocycles. The highest BCUT2D eigenvalue weighted by atomic mass is 35.5. The van der Waals surface area contributed by atoms with Crippen LogP contribution in [-0.2, 0) is 15.4 Å². The lowest BCUT2D eigenvalue weighted by atomic mass is 9.99. The molecule has 0 bridgehead atoms. The molecule has 1 N–H and O–H groups in total. The van der Waals surface area contributed by atoms with Crippen LogP contribution in [0.15, 0.2) is 23.1 Å². The number of hydrogen-bond donors (Lipinski definition) is 1. The van der Waals surface area contributed by atoms with Gasteiger partial charge in [0.1, 0.15) is 0 Å². The number of sulfone groups is 1. The molecular weight excluding hydrogens is 236 g/mol. The average molecular weight is 249 g/mol. The van der Waals surface area contributed by atoms with Gasteiger partial charge in [-0.05, 0) is 37.6 Å². The summed E-state index contributed by atoms with van der Waals surface area (Å²) in [6, 6.07) is 4.35. The number of rotatable bonds is 2. The molecule has 84 valence electrons. The first-order valence-electron chi connectivity index (χ1n) is 4.34. The molecule has 0 saturated heterocycles. The molecule has 1 aromatic carbocycles. The molecule has 0 aliphatic heterocycles. The minimum absolute atomic E-state index is 0.118. The van der Waals surface area contributed by atoms with Crippen LogP contribution in [0.2, 0.25) is 5.02 Å². The summed E-state index contributed by atoms with van der Waals surface area (Å²) in [5.74, 6) is 0. The van der Waals surface area contributed by atoms with Gasteiger partial charge in [0, 0.05) is 11.3 Å². The zero-order valence-electron chi connectivity index (χ0n) is 8.78. The molecule has 0 atom stereocenters. The van der Waals surface area contributed by atoms with Gasteiger partial charge in [-0.2, -0.15) is 0 Å². The van der Waals surface area contributed by atoms with Gasteiger partial charge in [-0.3, -0.25) is 0 Å². The molecule has 0 spiro atoms. The van der Waals surface area contributed by atoms with Crippen molar-refractivity contribution in [2.75, 3.05) is 6.26 Å². The zero-order chi connectivity index (χ0) is 11.9. The fourth-order valence-electron chi connectivity index (χ4n) is 1.13. The van der Waals surface area contributed by atoms with Crippen molar-refractivity contribution in [2.45, 2.75) is 24.3 Å². The lowest BCUT2D eigenvalue weighted by molar-refractivity contribution is 0.0784. The summed E-state index contributed by atoms with van der Waals surface area (Å²) >= 11 is 5.79. The highest BCUT2D eigenvalue weighted by Gasteiger charge is 2.19. The van der Waals surface area contributed by atoms with Gasteiger partial charge in [-0.25, -0.2) is 8.42 Å². The minimum Gasteiger partial charge on any atom is -0.386 e. The van der Waals surface area contributed by atoms with Gasteiger partial charge < -0.3 is 5.11 Å². The van der Waals surface area contributed by atoms with Gasteiger partial charge in [0.05, 0.1) is 10.5 Å². The molecule has 15 heavy (non-hydrogen) atoms. The van der Waals surface area contributed by atoms with Crippen molar-refractivity contribution >= 4 is 21.4 Å². The summed E-state index contributed by atoms with van der Waals surface area (Å²) in [6.07, 6.45) is 1.10. The van der Waals surface area contributed by atoms with E-state index in [1.54, 1.807) is 19.9 Å². The lowest BCUT2D eigenvalue weighted by Crippen LogP contribution is -2.16. The van der Waals surface area contributed by atoms with E-state index in [-0.39, 0.29) is 4.90 Å². The number of hydrogen-bond acceptors (Lipinski definition) is 3. The van der Waals surface area contributed by atoms with Crippen LogP contribution in [-0.4, -0.2) is 19.8 Å². The maximum atomic E-state index is 11.3. The Morgan fingerprint density at radius 2 is 1.80 bits per heavy atom. The van der Waals surface area contributed by atoms with E-state index in [9.17, 15) is 13.5 Å². The van der Waals surface area contributed by atoms with Gasteiger partial charge in [-0.15, -0.1) is 0 Å². The van der Waals surface area contributed by atoms with Crippen molar-refractivity contribution in [3.05, 3.63) is 28.8 Å². The number of benzene rings is 1. The standard InChI is InChI=1S/C10H13ClO3S/c1-10(2,12)7-4-8(11)6-9(5-7)15(3,13)14/h4-6,12H,1-3H3. The van der Waals surface area contributed by atoms with E-state index in [2.05, 4.69) is 0 Å². The largest absolute Gasteiger partial charge is 0.386 e. The maximum absolute atomic E-state index is 11.3. The Bertz CT molecular complexity index is 472. The van der Waals surface area contributed by atoms with Crippen LogP contribution in [0.3, 0.4) is 0 Å². The summed E-state index contributed by atoms with van der Waals surface area (Å²) in [5, 5.41) is 10.1. The van der Waals surface area contributed by atoms with E-state index in [0.29, 0.717) is 10.6 Å². The number of halogens is 1. The molecule has 0 heterocycles. The average Bonchev–Trinajstić information content (AvgIpc) is 1.99. The summed E-state index contributed by atoms with van der Waals surface area (Å²) in [7, 11) is -3.30. The van der Waals surface area contributed by atoms with E-state index in [0.717, 1.165) is 6.26 Å². The van der Waals surface area contributed by atoms with E-state index < -0.39 is 15.4 Å². The Balaban J connectivity index is 3.43. The van der Waals surface area contributed by atoms with Crippen LogP contribution in [0.5, 0.6) is 0 Å². The Morgan fingerprint density at radius 3 is 2.20 bits per heavy atom. The zero-order valence-corrected chi connectivity index (χ0v) is 10.4. The van der Waals surface area contributed by atoms with E-state index in [4.69, 9.17) is 11.6 Å². The van der Waals surface area contributed by atoms with Crippen LogP contribution in [0.25, 0.3) is 0 Å². The molecule has 5 heteroatoms. The lowest BCUT2D eigenvalue weighted by Gasteiger charge is -2.18.